The fraction of sp³-hybridized carbons (Fsp3) is 0.538. The molecule has 1 fully saturated rings. The lowest BCUT2D eigenvalue weighted by Crippen LogP contribution is -2.35. The number of sulfonamides is 1. The second-order valence-corrected chi connectivity index (χ2v) is 8.17. The van der Waals surface area contributed by atoms with Gasteiger partial charge in [0.25, 0.3) is 0 Å². The molecule has 1 aromatic carbocycles. The van der Waals surface area contributed by atoms with Gasteiger partial charge in [0.1, 0.15) is 5.82 Å². The number of hydrogen-bond acceptors (Lipinski definition) is 3. The third-order valence-corrected chi connectivity index (χ3v) is 6.52. The predicted octanol–water partition coefficient (Wildman–Crippen LogP) is 2.16. The Morgan fingerprint density at radius 1 is 1.35 bits per heavy atom. The van der Waals surface area contributed by atoms with Gasteiger partial charge in [0.2, 0.25) is 10.0 Å². The van der Waals surface area contributed by atoms with Crippen LogP contribution >= 0.6 is 15.9 Å². The third kappa shape index (κ3) is 2.90. The fourth-order valence-corrected chi connectivity index (χ4v) is 5.17. The van der Waals surface area contributed by atoms with Crippen LogP contribution in [-0.2, 0) is 10.0 Å². The summed E-state index contributed by atoms with van der Waals surface area (Å²) in [6.45, 7) is 2.98. The molecular formula is C13H18BrFN2O2S. The Hall–Kier alpha value is -0.500. The Morgan fingerprint density at radius 3 is 2.50 bits per heavy atom. The third-order valence-electron chi connectivity index (χ3n) is 3.71. The van der Waals surface area contributed by atoms with Crippen molar-refractivity contribution < 1.29 is 12.8 Å². The molecule has 7 heteroatoms. The maximum absolute atomic E-state index is 13.1. The molecule has 0 aliphatic carbocycles. The van der Waals surface area contributed by atoms with Crippen LogP contribution < -0.4 is 0 Å². The van der Waals surface area contributed by atoms with Crippen LogP contribution in [0.25, 0.3) is 0 Å². The summed E-state index contributed by atoms with van der Waals surface area (Å²) >= 11 is 3.13. The Bertz CT molecular complexity index is 606. The van der Waals surface area contributed by atoms with E-state index in [9.17, 15) is 12.8 Å². The van der Waals surface area contributed by atoms with Crippen molar-refractivity contribution in [1.29, 1.82) is 0 Å². The van der Waals surface area contributed by atoms with E-state index in [2.05, 4.69) is 15.9 Å². The first-order chi connectivity index (χ1) is 9.23. The van der Waals surface area contributed by atoms with Gasteiger partial charge in [-0.2, -0.15) is 4.31 Å². The zero-order valence-electron chi connectivity index (χ0n) is 11.7. The topological polar surface area (TPSA) is 40.6 Å². The predicted molar refractivity (Wildman–Crippen MR) is 79.5 cm³/mol. The van der Waals surface area contributed by atoms with E-state index in [1.807, 2.05) is 25.9 Å². The Kier molecular flexibility index (Phi) is 4.53. The molecule has 112 valence electrons. The second kappa shape index (κ2) is 5.71. The molecule has 2 atom stereocenters. The highest BCUT2D eigenvalue weighted by Gasteiger charge is 2.38. The molecule has 0 saturated carbocycles. The summed E-state index contributed by atoms with van der Waals surface area (Å²) in [5, 5.41) is 0. The highest BCUT2D eigenvalue weighted by Crippen LogP contribution is 2.30. The first-order valence-corrected chi connectivity index (χ1v) is 8.58. The van der Waals surface area contributed by atoms with Crippen molar-refractivity contribution in [3.05, 3.63) is 28.5 Å². The van der Waals surface area contributed by atoms with Crippen molar-refractivity contribution in [3.63, 3.8) is 0 Å². The lowest BCUT2D eigenvalue weighted by molar-refractivity contribution is 0.263. The van der Waals surface area contributed by atoms with Crippen molar-refractivity contribution in [2.45, 2.75) is 17.9 Å². The average molecular weight is 365 g/mol. The van der Waals surface area contributed by atoms with Gasteiger partial charge in [-0.1, -0.05) is 6.92 Å². The highest BCUT2D eigenvalue weighted by molar-refractivity contribution is 9.10. The van der Waals surface area contributed by atoms with Crippen LogP contribution in [0, 0.1) is 11.7 Å². The van der Waals surface area contributed by atoms with Crippen LogP contribution in [0.3, 0.4) is 0 Å². The zero-order chi connectivity index (χ0) is 15.1. The molecule has 0 N–H and O–H groups in total. The maximum atomic E-state index is 13.1. The van der Waals surface area contributed by atoms with Crippen LogP contribution in [-0.4, -0.2) is 50.8 Å². The van der Waals surface area contributed by atoms with E-state index in [0.717, 1.165) is 0 Å². The summed E-state index contributed by atoms with van der Waals surface area (Å²) in [5.41, 5.74) is 0. The van der Waals surface area contributed by atoms with Gasteiger partial charge in [-0.3, -0.25) is 0 Å². The van der Waals surface area contributed by atoms with Crippen molar-refractivity contribution in [3.8, 4) is 0 Å². The molecular weight excluding hydrogens is 347 g/mol. The molecule has 1 aliphatic rings. The summed E-state index contributed by atoms with van der Waals surface area (Å²) in [7, 11) is 0.307. The van der Waals surface area contributed by atoms with Gasteiger partial charge in [0, 0.05) is 23.6 Å². The van der Waals surface area contributed by atoms with E-state index in [-0.39, 0.29) is 21.3 Å². The van der Waals surface area contributed by atoms with Crippen molar-refractivity contribution >= 4 is 26.0 Å². The fourth-order valence-electron chi connectivity index (χ4n) is 2.60. The molecule has 2 unspecified atom stereocenters. The van der Waals surface area contributed by atoms with Crippen LogP contribution in [0.15, 0.2) is 27.6 Å². The highest BCUT2D eigenvalue weighted by atomic mass is 79.9. The first kappa shape index (κ1) is 15.9. The van der Waals surface area contributed by atoms with E-state index in [0.29, 0.717) is 13.1 Å². The van der Waals surface area contributed by atoms with E-state index >= 15 is 0 Å². The van der Waals surface area contributed by atoms with Gasteiger partial charge in [0.05, 0.1) is 4.90 Å². The van der Waals surface area contributed by atoms with Gasteiger partial charge < -0.3 is 4.90 Å². The van der Waals surface area contributed by atoms with Gasteiger partial charge in [0.15, 0.2) is 0 Å². The van der Waals surface area contributed by atoms with E-state index < -0.39 is 15.8 Å². The number of nitrogens with zero attached hydrogens (tertiary/aromatic N) is 2. The first-order valence-electron chi connectivity index (χ1n) is 6.35. The largest absolute Gasteiger partial charge is 0.305 e. The molecule has 1 aromatic rings. The normalized spacial score (nSPS) is 24.5. The minimum Gasteiger partial charge on any atom is -0.305 e. The smallest absolute Gasteiger partial charge is 0.244 e. The molecule has 4 nitrogen and oxygen atoms in total. The SMILES string of the molecule is CC1CN(S(=O)(=O)c2ccc(F)cc2Br)CC1N(C)C. The van der Waals surface area contributed by atoms with E-state index in [4.69, 9.17) is 0 Å². The number of rotatable bonds is 3. The van der Waals surface area contributed by atoms with Crippen LogP contribution in [0.2, 0.25) is 0 Å². The lowest BCUT2D eigenvalue weighted by atomic mass is 10.1. The lowest BCUT2D eigenvalue weighted by Gasteiger charge is -2.22. The molecule has 0 bridgehead atoms. The zero-order valence-corrected chi connectivity index (χ0v) is 14.1. The summed E-state index contributed by atoms with van der Waals surface area (Å²) in [4.78, 5) is 2.16. The van der Waals surface area contributed by atoms with Crippen LogP contribution in [0.4, 0.5) is 4.39 Å². The number of likely N-dealkylation sites (N-methyl/N-ethyl adjacent to an activating group) is 1. The minimum absolute atomic E-state index is 0.116. The summed E-state index contributed by atoms with van der Waals surface area (Å²) in [6, 6.07) is 3.85. The van der Waals surface area contributed by atoms with Crippen LogP contribution in [0.5, 0.6) is 0 Å². The summed E-state index contributed by atoms with van der Waals surface area (Å²) in [5.74, 6) is -0.198. The summed E-state index contributed by atoms with van der Waals surface area (Å²) < 4.78 is 40.1. The molecule has 20 heavy (non-hydrogen) atoms. The maximum Gasteiger partial charge on any atom is 0.244 e. The molecule has 0 radical (unpaired) electrons. The Balaban J connectivity index is 2.32. The second-order valence-electron chi connectivity index (χ2n) is 5.41. The van der Waals surface area contributed by atoms with Gasteiger partial charge in [-0.15, -0.1) is 0 Å². The van der Waals surface area contributed by atoms with Crippen molar-refractivity contribution in [2.75, 3.05) is 27.2 Å². The van der Waals surface area contributed by atoms with E-state index in [1.54, 1.807) is 0 Å². The molecule has 2 rings (SSSR count). The Morgan fingerprint density at radius 2 is 2.00 bits per heavy atom. The van der Waals surface area contributed by atoms with Gasteiger partial charge >= 0.3 is 0 Å². The molecule has 0 amide bonds. The van der Waals surface area contributed by atoms with Crippen molar-refractivity contribution in [1.82, 2.24) is 9.21 Å². The average Bonchev–Trinajstić information content (AvgIpc) is 2.71. The number of hydrogen-bond donors (Lipinski definition) is 0. The van der Waals surface area contributed by atoms with Crippen molar-refractivity contribution in [2.24, 2.45) is 5.92 Å². The van der Waals surface area contributed by atoms with Crippen LogP contribution in [0.1, 0.15) is 6.92 Å². The molecule has 0 spiro atoms. The molecule has 1 aliphatic heterocycles. The van der Waals surface area contributed by atoms with E-state index in [1.165, 1.54) is 22.5 Å². The molecule has 0 aromatic heterocycles. The summed E-state index contributed by atoms with van der Waals surface area (Å²) in [6.07, 6.45) is 0. The minimum atomic E-state index is -3.59. The quantitative estimate of drug-likeness (QED) is 0.824. The monoisotopic (exact) mass is 364 g/mol. The number of benzene rings is 1. The van der Waals surface area contributed by atoms with Gasteiger partial charge in [-0.25, -0.2) is 12.8 Å². The van der Waals surface area contributed by atoms with Gasteiger partial charge in [-0.05, 0) is 54.1 Å². The number of halogens is 2. The molecule has 1 saturated heterocycles. The Labute approximate surface area is 127 Å². The molecule has 1 heterocycles. The standard InChI is InChI=1S/C13H18BrFN2O2S/c1-9-7-17(8-12(9)16(2)3)20(18,19)13-5-4-10(15)6-11(13)14/h4-6,9,12H,7-8H2,1-3H3.